The van der Waals surface area contributed by atoms with Crippen molar-refractivity contribution in [1.29, 1.82) is 0 Å². The number of aliphatic carboxylic acids is 1. The van der Waals surface area contributed by atoms with Crippen LogP contribution in [-0.2, 0) is 9.53 Å². The van der Waals surface area contributed by atoms with E-state index in [2.05, 4.69) is 20.8 Å². The summed E-state index contributed by atoms with van der Waals surface area (Å²) in [5.41, 5.74) is -0.262. The normalized spacial score (nSPS) is 16.6. The van der Waals surface area contributed by atoms with E-state index in [0.29, 0.717) is 0 Å². The van der Waals surface area contributed by atoms with E-state index in [1.165, 1.54) is 0 Å². The maximum atomic E-state index is 11.3. The van der Waals surface area contributed by atoms with Gasteiger partial charge in [-0.25, -0.2) is 4.79 Å². The molecule has 0 saturated heterocycles. The van der Waals surface area contributed by atoms with Gasteiger partial charge in [0.2, 0.25) is 0 Å². The van der Waals surface area contributed by atoms with Crippen LogP contribution in [0.2, 0.25) is 0 Å². The summed E-state index contributed by atoms with van der Waals surface area (Å²) >= 11 is 0. The summed E-state index contributed by atoms with van der Waals surface area (Å²) in [6.45, 7) is 14.2. The van der Waals surface area contributed by atoms with E-state index in [0.717, 1.165) is 12.8 Å². The van der Waals surface area contributed by atoms with Crippen LogP contribution < -0.4 is 0 Å². The third kappa shape index (κ3) is 6.67. The van der Waals surface area contributed by atoms with E-state index in [9.17, 15) is 9.90 Å². The number of carbonyl (C=O) groups is 1. The first kappa shape index (κ1) is 16.4. The molecule has 0 radical (unpaired) electrons. The van der Waals surface area contributed by atoms with E-state index in [-0.39, 0.29) is 16.9 Å². The quantitative estimate of drug-likeness (QED) is 0.774. The summed E-state index contributed by atoms with van der Waals surface area (Å²) in [5.74, 6) is -0.846. The third-order valence-electron chi connectivity index (χ3n) is 2.99. The zero-order chi connectivity index (χ0) is 13.9. The molecule has 102 valence electrons. The lowest BCUT2D eigenvalue weighted by Gasteiger charge is -2.33. The predicted molar refractivity (Wildman–Crippen MR) is 70.1 cm³/mol. The average Bonchev–Trinajstić information content (AvgIpc) is 2.11. The Labute approximate surface area is 106 Å². The van der Waals surface area contributed by atoms with Crippen LogP contribution in [-0.4, -0.2) is 22.8 Å². The maximum absolute atomic E-state index is 11.3. The highest BCUT2D eigenvalue weighted by Gasteiger charge is 2.33. The highest BCUT2D eigenvalue weighted by Crippen LogP contribution is 2.29. The molecule has 0 heterocycles. The fourth-order valence-electron chi connectivity index (χ4n) is 1.91. The topological polar surface area (TPSA) is 46.5 Å². The van der Waals surface area contributed by atoms with Crippen molar-refractivity contribution in [3.8, 4) is 0 Å². The van der Waals surface area contributed by atoms with Gasteiger partial charge in [0.15, 0.2) is 6.10 Å². The van der Waals surface area contributed by atoms with Crippen LogP contribution in [0.4, 0.5) is 0 Å². The second kappa shape index (κ2) is 5.85. The highest BCUT2D eigenvalue weighted by atomic mass is 16.5. The van der Waals surface area contributed by atoms with Gasteiger partial charge >= 0.3 is 5.97 Å². The average molecular weight is 244 g/mol. The minimum absolute atomic E-state index is 0.0123. The lowest BCUT2D eigenvalue weighted by molar-refractivity contribution is -0.168. The van der Waals surface area contributed by atoms with Gasteiger partial charge in [0, 0.05) is 0 Å². The lowest BCUT2D eigenvalue weighted by Crippen LogP contribution is -2.40. The number of carboxylic acid groups (broad SMARTS) is 1. The van der Waals surface area contributed by atoms with Crippen LogP contribution in [0.1, 0.15) is 61.3 Å². The monoisotopic (exact) mass is 244 g/mol. The van der Waals surface area contributed by atoms with Crippen LogP contribution in [0.25, 0.3) is 0 Å². The number of hydrogen-bond acceptors (Lipinski definition) is 2. The van der Waals surface area contributed by atoms with Crippen molar-refractivity contribution in [3.63, 3.8) is 0 Å². The number of ether oxygens (including phenoxy) is 1. The molecule has 2 unspecified atom stereocenters. The number of rotatable bonds is 6. The molecular weight excluding hydrogens is 216 g/mol. The Bertz CT molecular complexity index is 251. The lowest BCUT2D eigenvalue weighted by atomic mass is 9.83. The first-order valence-electron chi connectivity index (χ1n) is 6.39. The minimum atomic E-state index is -0.858. The Hall–Kier alpha value is -0.570. The first-order valence-corrected chi connectivity index (χ1v) is 6.39. The Morgan fingerprint density at radius 1 is 1.24 bits per heavy atom. The van der Waals surface area contributed by atoms with Crippen LogP contribution in [0.3, 0.4) is 0 Å². The molecule has 3 nitrogen and oxygen atoms in total. The third-order valence-corrected chi connectivity index (χ3v) is 2.99. The predicted octanol–water partition coefficient (Wildman–Crippen LogP) is 3.72. The Morgan fingerprint density at radius 2 is 1.71 bits per heavy atom. The van der Waals surface area contributed by atoms with Crippen molar-refractivity contribution in [2.45, 2.75) is 73.0 Å². The minimum Gasteiger partial charge on any atom is -0.479 e. The molecule has 0 rings (SSSR count). The fourth-order valence-corrected chi connectivity index (χ4v) is 1.91. The molecule has 0 fully saturated rings. The molecule has 0 saturated carbocycles. The van der Waals surface area contributed by atoms with Crippen LogP contribution in [0.5, 0.6) is 0 Å². The Balaban J connectivity index is 4.70. The summed E-state index contributed by atoms with van der Waals surface area (Å²) in [4.78, 5) is 11.3. The SMILES string of the molecule is CCC(C)(C)OC(C(=O)O)C(C)CC(C)(C)C. The Morgan fingerprint density at radius 3 is 2.00 bits per heavy atom. The fraction of sp³-hybridized carbons (Fsp3) is 0.929. The van der Waals surface area contributed by atoms with Gasteiger partial charge in [-0.3, -0.25) is 0 Å². The number of hydrogen-bond donors (Lipinski definition) is 1. The van der Waals surface area contributed by atoms with Crippen molar-refractivity contribution in [1.82, 2.24) is 0 Å². The van der Waals surface area contributed by atoms with Crippen molar-refractivity contribution >= 4 is 5.97 Å². The molecule has 0 aromatic carbocycles. The summed E-state index contributed by atoms with van der Waals surface area (Å²) < 4.78 is 5.76. The molecule has 0 aliphatic carbocycles. The second-order valence-electron chi connectivity index (χ2n) is 6.73. The first-order chi connectivity index (χ1) is 7.48. The molecular formula is C14H28O3. The van der Waals surface area contributed by atoms with Gasteiger partial charge in [-0.05, 0) is 38.0 Å². The van der Waals surface area contributed by atoms with Crippen LogP contribution >= 0.6 is 0 Å². The maximum Gasteiger partial charge on any atom is 0.333 e. The summed E-state index contributed by atoms with van der Waals surface area (Å²) in [7, 11) is 0. The van der Waals surface area contributed by atoms with Crippen LogP contribution in [0, 0.1) is 11.3 Å². The van der Waals surface area contributed by atoms with Crippen LogP contribution in [0.15, 0.2) is 0 Å². The standard InChI is InChI=1S/C14H28O3/c1-8-14(6,7)17-11(12(15)16)10(2)9-13(3,4)5/h10-11H,8-9H2,1-7H3,(H,15,16). The molecule has 0 amide bonds. The molecule has 0 aliphatic heterocycles. The van der Waals surface area contributed by atoms with E-state index in [1.54, 1.807) is 0 Å². The largest absolute Gasteiger partial charge is 0.479 e. The van der Waals surface area contributed by atoms with E-state index in [4.69, 9.17) is 4.74 Å². The molecule has 2 atom stereocenters. The van der Waals surface area contributed by atoms with Crippen molar-refractivity contribution in [2.75, 3.05) is 0 Å². The van der Waals surface area contributed by atoms with Gasteiger partial charge in [-0.15, -0.1) is 0 Å². The van der Waals surface area contributed by atoms with Gasteiger partial charge in [0.1, 0.15) is 0 Å². The smallest absolute Gasteiger partial charge is 0.333 e. The molecule has 1 N–H and O–H groups in total. The molecule has 3 heteroatoms. The molecule has 17 heavy (non-hydrogen) atoms. The molecule has 0 aromatic heterocycles. The van der Waals surface area contributed by atoms with E-state index < -0.39 is 12.1 Å². The molecule has 0 spiro atoms. The molecule has 0 aromatic rings. The molecule has 0 bridgehead atoms. The van der Waals surface area contributed by atoms with Gasteiger partial charge in [0.05, 0.1) is 5.60 Å². The van der Waals surface area contributed by atoms with Crippen molar-refractivity contribution < 1.29 is 14.6 Å². The summed E-state index contributed by atoms with van der Waals surface area (Å²) in [6, 6.07) is 0. The van der Waals surface area contributed by atoms with Gasteiger partial charge < -0.3 is 9.84 Å². The summed E-state index contributed by atoms with van der Waals surface area (Å²) in [5, 5.41) is 9.27. The summed E-state index contributed by atoms with van der Waals surface area (Å²) in [6.07, 6.45) is 0.923. The van der Waals surface area contributed by atoms with Crippen molar-refractivity contribution in [3.05, 3.63) is 0 Å². The van der Waals surface area contributed by atoms with E-state index in [1.807, 2.05) is 27.7 Å². The van der Waals surface area contributed by atoms with Gasteiger partial charge in [-0.1, -0.05) is 34.6 Å². The zero-order valence-corrected chi connectivity index (χ0v) is 12.3. The van der Waals surface area contributed by atoms with Gasteiger partial charge in [-0.2, -0.15) is 0 Å². The zero-order valence-electron chi connectivity index (χ0n) is 12.3. The van der Waals surface area contributed by atoms with Gasteiger partial charge in [0.25, 0.3) is 0 Å². The van der Waals surface area contributed by atoms with E-state index >= 15 is 0 Å². The second-order valence-corrected chi connectivity index (χ2v) is 6.73. The molecule has 0 aliphatic rings. The highest BCUT2D eigenvalue weighted by molar-refractivity contribution is 5.72. The number of carboxylic acids is 1. The van der Waals surface area contributed by atoms with Crippen molar-refractivity contribution in [2.24, 2.45) is 11.3 Å². The Kier molecular flexibility index (Phi) is 5.66.